The van der Waals surface area contributed by atoms with Gasteiger partial charge in [-0.3, -0.25) is 10.1 Å². The van der Waals surface area contributed by atoms with Crippen LogP contribution in [-0.4, -0.2) is 11.5 Å². The Hall–Kier alpha value is -2.82. The minimum Gasteiger partial charge on any atom is -0.486 e. The lowest BCUT2D eigenvalue weighted by atomic mass is 10.3. The predicted octanol–water partition coefficient (Wildman–Crippen LogP) is 3.95. The fourth-order valence-electron chi connectivity index (χ4n) is 1.57. The van der Waals surface area contributed by atoms with Gasteiger partial charge < -0.3 is 9.47 Å². The second kappa shape index (κ2) is 6.38. The summed E-state index contributed by atoms with van der Waals surface area (Å²) < 4.78 is 11.1. The molecule has 102 valence electrons. The van der Waals surface area contributed by atoms with E-state index in [0.29, 0.717) is 23.9 Å². The lowest BCUT2D eigenvalue weighted by Crippen LogP contribution is -1.95. The van der Waals surface area contributed by atoms with Gasteiger partial charge in [-0.05, 0) is 24.3 Å². The van der Waals surface area contributed by atoms with E-state index in [0.717, 1.165) is 0 Å². The van der Waals surface area contributed by atoms with Crippen LogP contribution in [0.1, 0.15) is 0 Å². The van der Waals surface area contributed by atoms with E-state index in [1.165, 1.54) is 12.1 Å². The molecule has 0 aliphatic rings. The largest absolute Gasteiger partial charge is 0.486 e. The molecule has 0 bridgehead atoms. The highest BCUT2D eigenvalue weighted by Gasteiger charge is 2.08. The van der Waals surface area contributed by atoms with E-state index in [9.17, 15) is 10.1 Å². The molecular weight excluding hydrogens is 258 g/mol. The van der Waals surface area contributed by atoms with Gasteiger partial charge in [-0.1, -0.05) is 24.8 Å². The Morgan fingerprint density at radius 3 is 2.35 bits per heavy atom. The van der Waals surface area contributed by atoms with E-state index in [4.69, 9.17) is 9.47 Å². The molecule has 0 heterocycles. The molecule has 0 spiro atoms. The van der Waals surface area contributed by atoms with E-state index >= 15 is 0 Å². The van der Waals surface area contributed by atoms with Crippen molar-refractivity contribution in [2.45, 2.75) is 0 Å². The maximum absolute atomic E-state index is 10.6. The quantitative estimate of drug-likeness (QED) is 0.453. The molecule has 5 heteroatoms. The molecule has 0 atom stereocenters. The van der Waals surface area contributed by atoms with Crippen molar-refractivity contribution >= 4 is 5.69 Å². The van der Waals surface area contributed by atoms with Crippen LogP contribution in [0.2, 0.25) is 0 Å². The molecule has 0 radical (unpaired) electrons. The second-order valence-corrected chi connectivity index (χ2v) is 3.90. The number of hydrogen-bond acceptors (Lipinski definition) is 4. The molecule has 0 N–H and O–H groups in total. The van der Waals surface area contributed by atoms with Crippen LogP contribution in [0.15, 0.2) is 61.2 Å². The summed E-state index contributed by atoms with van der Waals surface area (Å²) in [6, 6.07) is 13.1. The summed E-state index contributed by atoms with van der Waals surface area (Å²) in [5.41, 5.74) is 0.0218. The van der Waals surface area contributed by atoms with Gasteiger partial charge in [0.2, 0.25) is 0 Å². The Morgan fingerprint density at radius 2 is 1.75 bits per heavy atom. The fraction of sp³-hybridized carbons (Fsp3) is 0.0667. The Labute approximate surface area is 116 Å². The van der Waals surface area contributed by atoms with Crippen LogP contribution >= 0.6 is 0 Å². The van der Waals surface area contributed by atoms with Crippen LogP contribution in [-0.2, 0) is 0 Å². The first-order valence-electron chi connectivity index (χ1n) is 5.96. The highest BCUT2D eigenvalue weighted by molar-refractivity contribution is 5.44. The lowest BCUT2D eigenvalue weighted by molar-refractivity contribution is -0.384. The zero-order valence-corrected chi connectivity index (χ0v) is 10.7. The normalized spacial score (nSPS) is 9.80. The first-order valence-corrected chi connectivity index (χ1v) is 5.96. The highest BCUT2D eigenvalue weighted by atomic mass is 16.6. The number of para-hydroxylation sites is 2. The third-order valence-corrected chi connectivity index (χ3v) is 2.48. The molecular formula is C15H13NO4. The summed E-state index contributed by atoms with van der Waals surface area (Å²) in [6.45, 7) is 3.96. The van der Waals surface area contributed by atoms with Crippen molar-refractivity contribution in [1.82, 2.24) is 0 Å². The number of nitro benzene ring substituents is 1. The molecule has 0 amide bonds. The van der Waals surface area contributed by atoms with Gasteiger partial charge in [0.15, 0.2) is 11.5 Å². The molecule has 2 rings (SSSR count). The van der Waals surface area contributed by atoms with Gasteiger partial charge in [0.1, 0.15) is 12.4 Å². The van der Waals surface area contributed by atoms with Crippen LogP contribution < -0.4 is 9.47 Å². The van der Waals surface area contributed by atoms with Gasteiger partial charge in [-0.2, -0.15) is 0 Å². The monoisotopic (exact) mass is 271 g/mol. The van der Waals surface area contributed by atoms with E-state index in [1.54, 1.807) is 30.3 Å². The molecule has 2 aromatic rings. The summed E-state index contributed by atoms with van der Waals surface area (Å²) in [4.78, 5) is 10.1. The van der Waals surface area contributed by atoms with Crippen LogP contribution in [0.3, 0.4) is 0 Å². The molecule has 0 saturated heterocycles. The molecule has 0 fully saturated rings. The first kappa shape index (κ1) is 13.6. The van der Waals surface area contributed by atoms with Gasteiger partial charge >= 0.3 is 0 Å². The minimum absolute atomic E-state index is 0.0218. The Morgan fingerprint density at radius 1 is 1.10 bits per heavy atom. The molecule has 0 aromatic heterocycles. The van der Waals surface area contributed by atoms with Crippen LogP contribution in [0.25, 0.3) is 0 Å². The van der Waals surface area contributed by atoms with Crippen molar-refractivity contribution in [2.24, 2.45) is 0 Å². The summed E-state index contributed by atoms with van der Waals surface area (Å²) in [7, 11) is 0. The number of nitrogens with zero attached hydrogens (tertiary/aromatic N) is 1. The van der Waals surface area contributed by atoms with Crippen LogP contribution in [0, 0.1) is 10.1 Å². The highest BCUT2D eigenvalue weighted by Crippen LogP contribution is 2.31. The SMILES string of the molecule is C=CCOc1ccccc1Oc1ccc([N+](=O)[O-])cc1. The third-order valence-electron chi connectivity index (χ3n) is 2.48. The smallest absolute Gasteiger partial charge is 0.269 e. The molecule has 2 aromatic carbocycles. The number of ether oxygens (including phenoxy) is 2. The average molecular weight is 271 g/mol. The Balaban J connectivity index is 2.16. The molecule has 0 unspecified atom stereocenters. The number of hydrogen-bond donors (Lipinski definition) is 0. The van der Waals surface area contributed by atoms with E-state index < -0.39 is 4.92 Å². The van der Waals surface area contributed by atoms with Crippen molar-refractivity contribution in [1.29, 1.82) is 0 Å². The standard InChI is InChI=1S/C15H13NO4/c1-2-11-19-14-5-3-4-6-15(14)20-13-9-7-12(8-10-13)16(17)18/h2-10H,1,11H2. The van der Waals surface area contributed by atoms with Crippen molar-refractivity contribution in [3.63, 3.8) is 0 Å². The van der Waals surface area contributed by atoms with Gasteiger partial charge in [0.05, 0.1) is 4.92 Å². The van der Waals surface area contributed by atoms with Crippen molar-refractivity contribution in [3.05, 3.63) is 71.3 Å². The summed E-state index contributed by atoms with van der Waals surface area (Å²) >= 11 is 0. The van der Waals surface area contributed by atoms with Crippen molar-refractivity contribution in [3.8, 4) is 17.2 Å². The molecule has 0 saturated carbocycles. The Bertz CT molecular complexity index is 608. The molecule has 0 aliphatic heterocycles. The summed E-state index contributed by atoms with van der Waals surface area (Å²) in [5.74, 6) is 1.64. The fourth-order valence-corrected chi connectivity index (χ4v) is 1.57. The van der Waals surface area contributed by atoms with E-state index in [2.05, 4.69) is 6.58 Å². The van der Waals surface area contributed by atoms with Crippen LogP contribution in [0.5, 0.6) is 17.2 Å². The number of benzene rings is 2. The summed E-state index contributed by atoms with van der Waals surface area (Å²) in [5, 5.41) is 10.6. The maximum atomic E-state index is 10.6. The van der Waals surface area contributed by atoms with Gasteiger partial charge in [0.25, 0.3) is 5.69 Å². The topological polar surface area (TPSA) is 61.6 Å². The van der Waals surface area contributed by atoms with Crippen LogP contribution in [0.4, 0.5) is 5.69 Å². The van der Waals surface area contributed by atoms with Gasteiger partial charge in [-0.15, -0.1) is 0 Å². The minimum atomic E-state index is -0.453. The second-order valence-electron chi connectivity index (χ2n) is 3.90. The maximum Gasteiger partial charge on any atom is 0.269 e. The Kier molecular flexibility index (Phi) is 4.34. The predicted molar refractivity (Wildman–Crippen MR) is 75.3 cm³/mol. The third kappa shape index (κ3) is 3.35. The number of rotatable bonds is 6. The number of nitro groups is 1. The van der Waals surface area contributed by atoms with E-state index in [-0.39, 0.29) is 5.69 Å². The summed E-state index contributed by atoms with van der Waals surface area (Å²) in [6.07, 6.45) is 1.64. The number of non-ortho nitro benzene ring substituents is 1. The molecule has 5 nitrogen and oxygen atoms in total. The van der Waals surface area contributed by atoms with Gasteiger partial charge in [-0.25, -0.2) is 0 Å². The van der Waals surface area contributed by atoms with E-state index in [1.807, 2.05) is 12.1 Å². The van der Waals surface area contributed by atoms with Gasteiger partial charge in [0, 0.05) is 12.1 Å². The molecule has 20 heavy (non-hydrogen) atoms. The van der Waals surface area contributed by atoms with Crippen molar-refractivity contribution in [2.75, 3.05) is 6.61 Å². The van der Waals surface area contributed by atoms with Crippen molar-refractivity contribution < 1.29 is 14.4 Å². The zero-order chi connectivity index (χ0) is 14.4. The lowest BCUT2D eigenvalue weighted by Gasteiger charge is -2.11. The average Bonchev–Trinajstić information content (AvgIpc) is 2.47. The zero-order valence-electron chi connectivity index (χ0n) is 10.7. The first-order chi connectivity index (χ1) is 9.70. The molecule has 0 aliphatic carbocycles.